The van der Waals surface area contributed by atoms with E-state index in [1.54, 1.807) is 30.1 Å². The van der Waals surface area contributed by atoms with E-state index in [-0.39, 0.29) is 19.0 Å². The number of aromatic nitrogens is 4. The fraction of sp³-hybridized carbons (Fsp3) is 0.188. The molecule has 0 radical (unpaired) electrons. The smallest absolute Gasteiger partial charge is 0.381 e. The fourth-order valence-corrected chi connectivity index (χ4v) is 2.20. The van der Waals surface area contributed by atoms with Gasteiger partial charge in [0.25, 0.3) is 0 Å². The van der Waals surface area contributed by atoms with Crippen LogP contribution in [0, 0.1) is 10.1 Å². The number of hydrogen-bond acceptors (Lipinski definition) is 7. The highest BCUT2D eigenvalue weighted by Crippen LogP contribution is 2.15. The Morgan fingerprint density at radius 3 is 2.69 bits per heavy atom. The molecule has 0 N–H and O–H groups in total. The van der Waals surface area contributed by atoms with Gasteiger partial charge in [0.05, 0.1) is 31.1 Å². The minimum Gasteiger partial charge on any atom is -0.497 e. The van der Waals surface area contributed by atoms with Crippen LogP contribution in [0.4, 0.5) is 5.82 Å². The van der Waals surface area contributed by atoms with Crippen molar-refractivity contribution in [2.75, 3.05) is 13.7 Å². The van der Waals surface area contributed by atoms with Gasteiger partial charge in [-0.2, -0.15) is 5.10 Å². The summed E-state index contributed by atoms with van der Waals surface area (Å²) in [5.41, 5.74) is 1.08. The van der Waals surface area contributed by atoms with Crippen molar-refractivity contribution in [3.8, 4) is 11.4 Å². The van der Waals surface area contributed by atoms with E-state index in [0.717, 1.165) is 11.4 Å². The van der Waals surface area contributed by atoms with Gasteiger partial charge in [0, 0.05) is 6.20 Å². The van der Waals surface area contributed by atoms with Gasteiger partial charge in [0.2, 0.25) is 6.33 Å². The molecular formula is C16H15N5O5. The lowest BCUT2D eigenvalue weighted by molar-refractivity contribution is -0.389. The average Bonchev–Trinajstić information content (AvgIpc) is 3.31. The highest BCUT2D eigenvalue weighted by Gasteiger charge is 2.13. The number of imidazole rings is 1. The first-order valence-corrected chi connectivity index (χ1v) is 7.59. The van der Waals surface area contributed by atoms with Crippen molar-refractivity contribution in [3.05, 3.63) is 64.9 Å². The molecule has 0 atom stereocenters. The van der Waals surface area contributed by atoms with E-state index < -0.39 is 10.9 Å². The average molecular weight is 357 g/mol. The second kappa shape index (κ2) is 7.47. The lowest BCUT2D eigenvalue weighted by atomic mass is 10.3. The third-order valence-corrected chi connectivity index (χ3v) is 3.54. The Labute approximate surface area is 147 Å². The molecule has 0 unspecified atom stereocenters. The predicted molar refractivity (Wildman–Crippen MR) is 89.3 cm³/mol. The van der Waals surface area contributed by atoms with Crippen LogP contribution < -0.4 is 4.74 Å². The summed E-state index contributed by atoms with van der Waals surface area (Å²) in [7, 11) is 1.58. The number of methoxy groups -OCH3 is 1. The number of carbonyl (C=O) groups excluding carboxylic acids is 1. The molecule has 0 spiro atoms. The first kappa shape index (κ1) is 17.1. The molecule has 0 aliphatic heterocycles. The molecule has 26 heavy (non-hydrogen) atoms. The SMILES string of the molecule is COc1ccc(-n2cc(C(=O)OCCn3cnc([N+](=O)[O-])c3)cn2)cc1. The number of hydrogen-bond donors (Lipinski definition) is 0. The van der Waals surface area contributed by atoms with Gasteiger partial charge in [0.1, 0.15) is 18.6 Å². The molecule has 0 fully saturated rings. The van der Waals surface area contributed by atoms with Gasteiger partial charge in [-0.1, -0.05) is 0 Å². The van der Waals surface area contributed by atoms with Crippen LogP contribution in [0.5, 0.6) is 5.75 Å². The van der Waals surface area contributed by atoms with Crippen LogP contribution in [0.25, 0.3) is 5.69 Å². The zero-order valence-electron chi connectivity index (χ0n) is 13.8. The third-order valence-electron chi connectivity index (χ3n) is 3.54. The molecule has 10 nitrogen and oxygen atoms in total. The van der Waals surface area contributed by atoms with E-state index in [9.17, 15) is 14.9 Å². The molecule has 0 aliphatic carbocycles. The standard InChI is InChI=1S/C16H15N5O5/c1-25-14-4-2-13(3-5-14)20-9-12(8-18-20)16(22)26-7-6-19-10-15(17-11-19)21(23)24/h2-5,8-11H,6-7H2,1H3. The summed E-state index contributed by atoms with van der Waals surface area (Å²) >= 11 is 0. The van der Waals surface area contributed by atoms with E-state index in [2.05, 4.69) is 10.1 Å². The van der Waals surface area contributed by atoms with Crippen LogP contribution in [-0.2, 0) is 11.3 Å². The largest absolute Gasteiger partial charge is 0.497 e. The number of esters is 1. The maximum absolute atomic E-state index is 12.1. The van der Waals surface area contributed by atoms with Gasteiger partial charge in [-0.25, -0.2) is 9.48 Å². The van der Waals surface area contributed by atoms with Gasteiger partial charge >= 0.3 is 11.8 Å². The Hall–Kier alpha value is -3.69. The summed E-state index contributed by atoms with van der Waals surface area (Å²) in [4.78, 5) is 25.7. The van der Waals surface area contributed by atoms with E-state index in [1.165, 1.54) is 23.3 Å². The van der Waals surface area contributed by atoms with E-state index in [1.807, 2.05) is 12.1 Å². The second-order valence-electron chi connectivity index (χ2n) is 5.23. The molecule has 0 bridgehead atoms. The zero-order valence-corrected chi connectivity index (χ0v) is 13.8. The predicted octanol–water partition coefficient (Wildman–Crippen LogP) is 1.84. The highest BCUT2D eigenvalue weighted by molar-refractivity contribution is 5.88. The molecule has 2 aromatic heterocycles. The second-order valence-corrected chi connectivity index (χ2v) is 5.23. The maximum atomic E-state index is 12.1. The fourth-order valence-electron chi connectivity index (χ4n) is 2.20. The lowest BCUT2D eigenvalue weighted by Gasteiger charge is -2.04. The molecular weight excluding hydrogens is 342 g/mol. The Kier molecular flexibility index (Phi) is 4.92. The van der Waals surface area contributed by atoms with E-state index in [4.69, 9.17) is 9.47 Å². The minimum atomic E-state index is -0.587. The minimum absolute atomic E-state index is 0.0556. The van der Waals surface area contributed by atoms with Crippen molar-refractivity contribution >= 4 is 11.8 Å². The van der Waals surface area contributed by atoms with Crippen LogP contribution in [-0.4, -0.2) is 43.9 Å². The van der Waals surface area contributed by atoms with E-state index in [0.29, 0.717) is 5.56 Å². The van der Waals surface area contributed by atoms with Crippen LogP contribution in [0.3, 0.4) is 0 Å². The van der Waals surface area contributed by atoms with Crippen LogP contribution in [0.15, 0.2) is 49.2 Å². The number of rotatable bonds is 7. The molecule has 0 saturated carbocycles. The normalized spacial score (nSPS) is 10.5. The Bertz CT molecular complexity index is 915. The zero-order chi connectivity index (χ0) is 18.5. The summed E-state index contributed by atoms with van der Waals surface area (Å²) in [5, 5.41) is 14.7. The molecule has 10 heteroatoms. The third kappa shape index (κ3) is 3.86. The summed E-state index contributed by atoms with van der Waals surface area (Å²) < 4.78 is 13.3. The van der Waals surface area contributed by atoms with Crippen LogP contribution in [0.2, 0.25) is 0 Å². The summed E-state index contributed by atoms with van der Waals surface area (Å²) in [5.74, 6) is -0.0586. The molecule has 134 valence electrons. The molecule has 1 aromatic carbocycles. The van der Waals surface area contributed by atoms with Gasteiger partial charge < -0.3 is 24.2 Å². The number of nitrogens with zero attached hydrogens (tertiary/aromatic N) is 5. The highest BCUT2D eigenvalue weighted by atomic mass is 16.6. The van der Waals surface area contributed by atoms with E-state index >= 15 is 0 Å². The molecule has 0 aliphatic rings. The Morgan fingerprint density at radius 1 is 1.27 bits per heavy atom. The topological polar surface area (TPSA) is 114 Å². The summed E-state index contributed by atoms with van der Waals surface area (Å²) in [6, 6.07) is 7.21. The molecule has 3 aromatic rings. The van der Waals surface area contributed by atoms with Gasteiger partial charge in [0.15, 0.2) is 0 Å². The summed E-state index contributed by atoms with van der Waals surface area (Å²) in [6.07, 6.45) is 5.56. The number of nitro groups is 1. The van der Waals surface area contributed by atoms with Crippen molar-refractivity contribution < 1.29 is 19.2 Å². The van der Waals surface area contributed by atoms with Crippen molar-refractivity contribution in [3.63, 3.8) is 0 Å². The molecule has 0 saturated heterocycles. The monoisotopic (exact) mass is 357 g/mol. The van der Waals surface area contributed by atoms with Crippen LogP contribution >= 0.6 is 0 Å². The van der Waals surface area contributed by atoms with Gasteiger partial charge in [-0.05, 0) is 34.2 Å². The van der Waals surface area contributed by atoms with Crippen molar-refractivity contribution in [1.29, 1.82) is 0 Å². The Morgan fingerprint density at radius 2 is 2.04 bits per heavy atom. The number of carbonyl (C=O) groups is 1. The van der Waals surface area contributed by atoms with Crippen molar-refractivity contribution in [1.82, 2.24) is 19.3 Å². The van der Waals surface area contributed by atoms with Gasteiger partial charge in [-0.15, -0.1) is 0 Å². The van der Waals surface area contributed by atoms with Crippen molar-refractivity contribution in [2.24, 2.45) is 0 Å². The van der Waals surface area contributed by atoms with Crippen LogP contribution in [0.1, 0.15) is 10.4 Å². The summed E-state index contributed by atoms with van der Waals surface area (Å²) in [6.45, 7) is 0.319. The Balaban J connectivity index is 1.56. The first-order chi connectivity index (χ1) is 12.6. The molecule has 2 heterocycles. The number of benzene rings is 1. The van der Waals surface area contributed by atoms with Crippen molar-refractivity contribution in [2.45, 2.75) is 6.54 Å². The quantitative estimate of drug-likeness (QED) is 0.360. The number of ether oxygens (including phenoxy) is 2. The molecule has 3 rings (SSSR count). The maximum Gasteiger partial charge on any atom is 0.381 e. The first-order valence-electron chi connectivity index (χ1n) is 7.59. The molecule has 0 amide bonds. The lowest BCUT2D eigenvalue weighted by Crippen LogP contribution is -2.10. The van der Waals surface area contributed by atoms with Gasteiger partial charge in [-0.3, -0.25) is 0 Å².